The minimum absolute atomic E-state index is 0.204. The second-order valence-electron chi connectivity index (χ2n) is 11.6. The lowest BCUT2D eigenvalue weighted by atomic mass is 9.71. The fraction of sp³-hybridized carbons (Fsp3) is 0.484. The molecule has 0 atom stereocenters. The summed E-state index contributed by atoms with van der Waals surface area (Å²) in [5.41, 5.74) is 6.02. The minimum Gasteiger partial charge on any atom is -0.356 e. The summed E-state index contributed by atoms with van der Waals surface area (Å²) in [6, 6.07) is 13.6. The molecule has 3 aromatic rings. The lowest BCUT2D eigenvalue weighted by molar-refractivity contribution is -0.0248. The monoisotopic (exact) mass is 486 g/mol. The van der Waals surface area contributed by atoms with Crippen molar-refractivity contribution >= 4 is 5.82 Å². The van der Waals surface area contributed by atoms with Crippen molar-refractivity contribution in [2.24, 2.45) is 11.3 Å². The van der Waals surface area contributed by atoms with E-state index in [1.54, 1.807) is 18.5 Å². The maximum Gasteiger partial charge on any atom is 0.135 e. The van der Waals surface area contributed by atoms with Crippen LogP contribution in [0.5, 0.6) is 0 Å². The van der Waals surface area contributed by atoms with Gasteiger partial charge < -0.3 is 9.80 Å². The number of benzene rings is 2. The van der Waals surface area contributed by atoms with Crippen LogP contribution in [0, 0.1) is 17.2 Å². The number of anilines is 1. The number of likely N-dealkylation sites (tertiary alicyclic amines) is 1. The van der Waals surface area contributed by atoms with E-state index in [0.717, 1.165) is 47.1 Å². The Bertz CT molecular complexity index is 1190. The van der Waals surface area contributed by atoms with Gasteiger partial charge in [0.15, 0.2) is 0 Å². The first-order valence-corrected chi connectivity index (χ1v) is 13.5. The average Bonchev–Trinajstić information content (AvgIpc) is 2.85. The van der Waals surface area contributed by atoms with E-state index in [-0.39, 0.29) is 5.82 Å². The lowest BCUT2D eigenvalue weighted by Gasteiger charge is -2.54. The van der Waals surface area contributed by atoms with E-state index < -0.39 is 0 Å². The molecular formula is C31H39FN4. The van der Waals surface area contributed by atoms with Gasteiger partial charge in [0.25, 0.3) is 0 Å². The van der Waals surface area contributed by atoms with Crippen LogP contribution in [0.4, 0.5) is 10.2 Å². The zero-order valence-corrected chi connectivity index (χ0v) is 22.2. The van der Waals surface area contributed by atoms with E-state index in [9.17, 15) is 4.39 Å². The first-order chi connectivity index (χ1) is 17.3. The second kappa shape index (κ2) is 10.3. The fourth-order valence-corrected chi connectivity index (χ4v) is 6.22. The van der Waals surface area contributed by atoms with Gasteiger partial charge in [0.1, 0.15) is 18.0 Å². The molecule has 0 saturated carbocycles. The molecule has 2 saturated heterocycles. The molecule has 0 aliphatic carbocycles. The van der Waals surface area contributed by atoms with Gasteiger partial charge in [-0.2, -0.15) is 0 Å². The van der Waals surface area contributed by atoms with Crippen LogP contribution in [0.1, 0.15) is 63.1 Å². The first-order valence-electron chi connectivity index (χ1n) is 13.5. The van der Waals surface area contributed by atoms with Crippen molar-refractivity contribution in [3.63, 3.8) is 0 Å². The molecule has 2 fully saturated rings. The Labute approximate surface area is 215 Å². The summed E-state index contributed by atoms with van der Waals surface area (Å²) in [7, 11) is 0. The summed E-state index contributed by atoms with van der Waals surface area (Å²) in [6.07, 6.45) is 6.73. The largest absolute Gasteiger partial charge is 0.356 e. The van der Waals surface area contributed by atoms with Crippen molar-refractivity contribution < 1.29 is 4.39 Å². The van der Waals surface area contributed by atoms with Crippen LogP contribution in [0.2, 0.25) is 0 Å². The molecule has 5 rings (SSSR count). The molecule has 1 aromatic heterocycles. The third-order valence-corrected chi connectivity index (χ3v) is 7.96. The molecule has 3 heterocycles. The van der Waals surface area contributed by atoms with E-state index in [2.05, 4.69) is 60.7 Å². The molecule has 1 spiro atoms. The average molecular weight is 487 g/mol. The Hall–Kier alpha value is -2.79. The molecule has 2 aromatic carbocycles. The molecule has 0 amide bonds. The number of halogens is 1. The topological polar surface area (TPSA) is 32.3 Å². The van der Waals surface area contributed by atoms with E-state index in [4.69, 9.17) is 4.98 Å². The molecule has 2 aliphatic heterocycles. The van der Waals surface area contributed by atoms with E-state index in [1.807, 2.05) is 18.3 Å². The fourth-order valence-electron chi connectivity index (χ4n) is 6.22. The molecule has 0 unspecified atom stereocenters. The van der Waals surface area contributed by atoms with Gasteiger partial charge in [0.2, 0.25) is 0 Å². The number of nitrogens with zero attached hydrogens (tertiary/aromatic N) is 4. The van der Waals surface area contributed by atoms with Crippen LogP contribution in [-0.4, -0.2) is 47.6 Å². The Morgan fingerprint density at radius 3 is 2.42 bits per heavy atom. The maximum atomic E-state index is 14.4. The van der Waals surface area contributed by atoms with Crippen LogP contribution in [0.3, 0.4) is 0 Å². The second-order valence-corrected chi connectivity index (χ2v) is 11.6. The summed E-state index contributed by atoms with van der Waals surface area (Å²) in [5, 5.41) is 0. The van der Waals surface area contributed by atoms with Crippen molar-refractivity contribution in [2.45, 2.75) is 52.9 Å². The van der Waals surface area contributed by atoms with Crippen LogP contribution in [0.15, 0.2) is 55.0 Å². The predicted octanol–water partition coefficient (Wildman–Crippen LogP) is 6.56. The number of hydrogen-bond acceptors (Lipinski definition) is 4. The van der Waals surface area contributed by atoms with Crippen LogP contribution >= 0.6 is 0 Å². The molecule has 2 aliphatic rings. The quantitative estimate of drug-likeness (QED) is 0.379. The van der Waals surface area contributed by atoms with Crippen LogP contribution < -0.4 is 4.90 Å². The molecule has 4 nitrogen and oxygen atoms in total. The molecule has 190 valence electrons. The summed E-state index contributed by atoms with van der Waals surface area (Å²) in [5.74, 6) is 1.92. The molecule has 36 heavy (non-hydrogen) atoms. The maximum absolute atomic E-state index is 14.4. The van der Waals surface area contributed by atoms with Crippen molar-refractivity contribution in [2.75, 3.05) is 37.6 Å². The Balaban J connectivity index is 1.37. The Kier molecular flexibility index (Phi) is 7.11. The highest BCUT2D eigenvalue weighted by molar-refractivity contribution is 5.72. The van der Waals surface area contributed by atoms with Gasteiger partial charge in [-0.05, 0) is 64.5 Å². The van der Waals surface area contributed by atoms with Gasteiger partial charge in [-0.1, -0.05) is 58.0 Å². The zero-order chi connectivity index (χ0) is 25.3. The van der Waals surface area contributed by atoms with Gasteiger partial charge in [-0.15, -0.1) is 0 Å². The van der Waals surface area contributed by atoms with Crippen LogP contribution in [-0.2, 0) is 6.42 Å². The normalized spacial score (nSPS) is 17.7. The lowest BCUT2D eigenvalue weighted by Crippen LogP contribution is -2.61. The summed E-state index contributed by atoms with van der Waals surface area (Å²) in [4.78, 5) is 14.2. The number of aromatic nitrogens is 2. The van der Waals surface area contributed by atoms with Crippen LogP contribution in [0.25, 0.3) is 11.1 Å². The van der Waals surface area contributed by atoms with E-state index >= 15 is 0 Å². The Morgan fingerprint density at radius 1 is 0.944 bits per heavy atom. The first kappa shape index (κ1) is 24.9. The van der Waals surface area contributed by atoms with Gasteiger partial charge >= 0.3 is 0 Å². The highest BCUT2D eigenvalue weighted by atomic mass is 19.1. The number of hydrogen-bond donors (Lipinski definition) is 0. The molecule has 0 bridgehead atoms. The predicted molar refractivity (Wildman–Crippen MR) is 146 cm³/mol. The minimum atomic E-state index is -0.204. The number of rotatable bonds is 7. The van der Waals surface area contributed by atoms with Gasteiger partial charge in [-0.25, -0.2) is 14.4 Å². The van der Waals surface area contributed by atoms with Crippen molar-refractivity contribution in [3.8, 4) is 11.1 Å². The summed E-state index contributed by atoms with van der Waals surface area (Å²) in [6.45, 7) is 14.7. The van der Waals surface area contributed by atoms with Crippen molar-refractivity contribution in [1.82, 2.24) is 14.9 Å². The number of piperidine rings is 1. The molecule has 5 heteroatoms. The Morgan fingerprint density at radius 2 is 1.69 bits per heavy atom. The third-order valence-electron chi connectivity index (χ3n) is 7.96. The SMILES string of the molecule is CC(C)CN1CC2(CCN(c3ncncc3Cc3ccc(F)cc3-c3ccccc3C(C)C)CC2)C1. The smallest absolute Gasteiger partial charge is 0.135 e. The summed E-state index contributed by atoms with van der Waals surface area (Å²) < 4.78 is 14.4. The molecular weight excluding hydrogens is 447 g/mol. The zero-order valence-electron chi connectivity index (χ0n) is 22.2. The van der Waals surface area contributed by atoms with Gasteiger partial charge in [0, 0.05) is 50.9 Å². The van der Waals surface area contributed by atoms with Crippen molar-refractivity contribution in [3.05, 3.63) is 77.5 Å². The van der Waals surface area contributed by atoms with Gasteiger partial charge in [0.05, 0.1) is 0 Å². The van der Waals surface area contributed by atoms with E-state index in [0.29, 0.717) is 17.8 Å². The highest BCUT2D eigenvalue weighted by Crippen LogP contribution is 2.42. The van der Waals surface area contributed by atoms with E-state index in [1.165, 1.54) is 38.0 Å². The summed E-state index contributed by atoms with van der Waals surface area (Å²) >= 11 is 0. The van der Waals surface area contributed by atoms with Crippen molar-refractivity contribution in [1.29, 1.82) is 0 Å². The third kappa shape index (κ3) is 5.17. The molecule has 0 N–H and O–H groups in total. The standard InChI is InChI=1S/C31H39FN4/c1-22(2)18-35-19-31(20-35)11-13-36(14-12-31)30-25(17-33-21-34-30)15-24-9-10-26(32)16-29(24)28-8-6-5-7-27(28)23(3)4/h5-10,16-17,21-23H,11-15,18-20H2,1-4H3. The molecule has 0 radical (unpaired) electrons. The highest BCUT2D eigenvalue weighted by Gasteiger charge is 2.44. The van der Waals surface area contributed by atoms with Gasteiger partial charge in [-0.3, -0.25) is 0 Å².